The van der Waals surface area contributed by atoms with Crippen LogP contribution < -0.4 is 9.47 Å². The Balaban J connectivity index is 1.23. The van der Waals surface area contributed by atoms with Gasteiger partial charge in [0, 0.05) is 26.4 Å². The van der Waals surface area contributed by atoms with Gasteiger partial charge in [0.15, 0.2) is 0 Å². The molecular weight excluding hydrogens is 693 g/mol. The maximum absolute atomic E-state index is 11.8. The second-order valence-corrected chi connectivity index (χ2v) is 14.1. The molecule has 8 heteroatoms. The molecule has 0 saturated heterocycles. The zero-order valence-electron chi connectivity index (χ0n) is 34.4. The van der Waals surface area contributed by atoms with Crippen LogP contribution in [0.2, 0.25) is 0 Å². The van der Waals surface area contributed by atoms with Crippen LogP contribution in [0, 0.1) is 0 Å². The highest BCUT2D eigenvalue weighted by atomic mass is 16.5. The van der Waals surface area contributed by atoms with Gasteiger partial charge in [-0.1, -0.05) is 127 Å². The van der Waals surface area contributed by atoms with Gasteiger partial charge in [-0.2, -0.15) is 0 Å². The minimum atomic E-state index is -0.381. The molecule has 0 bridgehead atoms. The van der Waals surface area contributed by atoms with Crippen LogP contribution in [0.3, 0.4) is 0 Å². The summed E-state index contributed by atoms with van der Waals surface area (Å²) in [7, 11) is 0. The van der Waals surface area contributed by atoms with Gasteiger partial charge in [-0.3, -0.25) is 0 Å². The van der Waals surface area contributed by atoms with Gasteiger partial charge >= 0.3 is 11.9 Å². The molecule has 0 aliphatic carbocycles. The number of ether oxygens (including phenoxy) is 6. The van der Waals surface area contributed by atoms with Crippen molar-refractivity contribution in [2.45, 2.75) is 136 Å². The van der Waals surface area contributed by atoms with Gasteiger partial charge in [0.1, 0.15) is 11.5 Å². The molecule has 0 unspecified atom stereocenters. The van der Waals surface area contributed by atoms with E-state index in [1.165, 1.54) is 89.9 Å². The zero-order chi connectivity index (χ0) is 39.6. The first-order valence-corrected chi connectivity index (χ1v) is 21.3. The van der Waals surface area contributed by atoms with Gasteiger partial charge in [-0.25, -0.2) is 9.59 Å². The van der Waals surface area contributed by atoms with Crippen LogP contribution >= 0.6 is 0 Å². The molecule has 2 aromatic rings. The molecule has 0 amide bonds. The third kappa shape index (κ3) is 23.8. The predicted octanol–water partition coefficient (Wildman–Crippen LogP) is 11.7. The summed E-state index contributed by atoms with van der Waals surface area (Å²) in [5, 5.41) is 0. The summed E-state index contributed by atoms with van der Waals surface area (Å²) < 4.78 is 33.3. The molecule has 0 aromatic heterocycles. The van der Waals surface area contributed by atoms with E-state index in [-0.39, 0.29) is 11.9 Å². The molecule has 0 fully saturated rings. The maximum Gasteiger partial charge on any atom is 0.338 e. The van der Waals surface area contributed by atoms with E-state index in [2.05, 4.69) is 13.2 Å². The fourth-order valence-corrected chi connectivity index (χ4v) is 6.11. The monoisotopic (exact) mass is 765 g/mol. The van der Waals surface area contributed by atoms with E-state index in [9.17, 15) is 9.59 Å². The lowest BCUT2D eigenvalue weighted by molar-refractivity contribution is -0.136. The fraction of sp³-hybridized carbons (Fsp3) is 0.617. The van der Waals surface area contributed by atoms with E-state index in [0.29, 0.717) is 37.6 Å². The van der Waals surface area contributed by atoms with Crippen LogP contribution in [-0.2, 0) is 28.5 Å². The quantitative estimate of drug-likeness (QED) is 0.0385. The Morgan fingerprint density at radius 1 is 0.400 bits per heavy atom. The molecule has 55 heavy (non-hydrogen) atoms. The van der Waals surface area contributed by atoms with Gasteiger partial charge in [0.2, 0.25) is 0 Å². The average Bonchev–Trinajstić information content (AvgIpc) is 3.20. The highest BCUT2D eigenvalue weighted by Crippen LogP contribution is 2.21. The van der Waals surface area contributed by atoms with E-state index >= 15 is 0 Å². The van der Waals surface area contributed by atoms with E-state index < -0.39 is 0 Å². The summed E-state index contributed by atoms with van der Waals surface area (Å²) in [5.74, 6) is 0.873. The van der Waals surface area contributed by atoms with Crippen molar-refractivity contribution in [1.82, 2.24) is 0 Å². The number of benzene rings is 2. The third-order valence-corrected chi connectivity index (χ3v) is 9.43. The molecule has 0 saturated carbocycles. The smallest absolute Gasteiger partial charge is 0.338 e. The lowest BCUT2D eigenvalue weighted by atomic mass is 10.1. The number of hydrogen-bond donors (Lipinski definition) is 0. The Bertz CT molecular complexity index is 1190. The van der Waals surface area contributed by atoms with Crippen molar-refractivity contribution in [2.24, 2.45) is 0 Å². The van der Waals surface area contributed by atoms with Crippen molar-refractivity contribution in [3.63, 3.8) is 0 Å². The van der Waals surface area contributed by atoms with Crippen molar-refractivity contribution in [1.29, 1.82) is 0 Å². The molecule has 8 nitrogen and oxygen atoms in total. The highest BCUT2D eigenvalue weighted by Gasteiger charge is 2.11. The molecule has 2 aromatic carbocycles. The molecule has 0 heterocycles. The standard InChI is InChI=1S/C47H72O8/c1-5-52-46(48)40(3)42-26-30-44(31-27-42)54-38-23-19-15-11-7-9-13-17-21-34-50-36-25-37-51-35-22-18-14-10-8-12-16-20-24-39-55-45-32-28-43(29-33-45)41(4)47(49)53-6-2/h26-33H,3-25,34-39H2,1-2H3. The van der Waals surface area contributed by atoms with Gasteiger partial charge in [-0.05, 0) is 81.3 Å². The number of carbonyl (C=O) groups is 2. The van der Waals surface area contributed by atoms with Gasteiger partial charge in [-0.15, -0.1) is 0 Å². The average molecular weight is 765 g/mol. The summed E-state index contributed by atoms with van der Waals surface area (Å²) in [6.07, 6.45) is 23.2. The number of hydrogen-bond acceptors (Lipinski definition) is 8. The molecule has 308 valence electrons. The second-order valence-electron chi connectivity index (χ2n) is 14.1. The lowest BCUT2D eigenvalue weighted by Crippen LogP contribution is -2.05. The van der Waals surface area contributed by atoms with Crippen molar-refractivity contribution in [3.8, 4) is 11.5 Å². The summed E-state index contributed by atoms with van der Waals surface area (Å²) in [4.78, 5) is 23.6. The molecule has 0 radical (unpaired) electrons. The van der Waals surface area contributed by atoms with Crippen LogP contribution in [0.25, 0.3) is 11.1 Å². The van der Waals surface area contributed by atoms with Crippen LogP contribution in [0.15, 0.2) is 61.7 Å². The van der Waals surface area contributed by atoms with E-state index in [1.54, 1.807) is 13.8 Å². The van der Waals surface area contributed by atoms with Crippen molar-refractivity contribution in [3.05, 3.63) is 72.8 Å². The Labute approximate surface area is 333 Å². The largest absolute Gasteiger partial charge is 0.494 e. The number of carbonyl (C=O) groups excluding carboxylic acids is 2. The van der Waals surface area contributed by atoms with E-state index in [0.717, 1.165) is 81.2 Å². The molecule has 0 spiro atoms. The molecule has 0 aliphatic rings. The lowest BCUT2D eigenvalue weighted by Gasteiger charge is -2.09. The Morgan fingerprint density at radius 3 is 0.982 bits per heavy atom. The normalized spacial score (nSPS) is 10.9. The van der Waals surface area contributed by atoms with E-state index in [4.69, 9.17) is 28.4 Å². The molecule has 0 N–H and O–H groups in total. The fourth-order valence-electron chi connectivity index (χ4n) is 6.11. The van der Waals surface area contributed by atoms with Crippen molar-refractivity contribution in [2.75, 3.05) is 52.9 Å². The highest BCUT2D eigenvalue weighted by molar-refractivity contribution is 6.16. The van der Waals surface area contributed by atoms with Crippen LogP contribution in [0.1, 0.15) is 147 Å². The first kappa shape index (κ1) is 47.5. The second kappa shape index (κ2) is 32.6. The SMILES string of the molecule is C=C(C(=O)OCC)c1ccc(OCCCCCCCCCCCOCCCOCCCCCCCCCCCOc2ccc(C(=C)C(=O)OCC)cc2)cc1. The number of esters is 2. The minimum absolute atomic E-state index is 0.344. The summed E-state index contributed by atoms with van der Waals surface area (Å²) in [6.45, 7) is 16.7. The minimum Gasteiger partial charge on any atom is -0.494 e. The third-order valence-electron chi connectivity index (χ3n) is 9.43. The van der Waals surface area contributed by atoms with Crippen molar-refractivity contribution < 1.29 is 38.0 Å². The van der Waals surface area contributed by atoms with Gasteiger partial charge in [0.05, 0.1) is 37.6 Å². The first-order valence-electron chi connectivity index (χ1n) is 21.3. The molecule has 0 atom stereocenters. The predicted molar refractivity (Wildman–Crippen MR) is 225 cm³/mol. The number of rotatable bonds is 36. The summed E-state index contributed by atoms with van der Waals surface area (Å²) >= 11 is 0. The zero-order valence-corrected chi connectivity index (χ0v) is 34.4. The summed E-state index contributed by atoms with van der Waals surface area (Å²) in [6, 6.07) is 14.9. The van der Waals surface area contributed by atoms with Crippen molar-refractivity contribution >= 4 is 23.1 Å². The Hall–Kier alpha value is -3.62. The molecule has 0 aliphatic heterocycles. The molecular formula is C47H72O8. The van der Waals surface area contributed by atoms with Gasteiger partial charge in [0.25, 0.3) is 0 Å². The van der Waals surface area contributed by atoms with Crippen LogP contribution in [0.4, 0.5) is 0 Å². The van der Waals surface area contributed by atoms with Crippen LogP contribution in [0.5, 0.6) is 11.5 Å². The Kier molecular flexibility index (Phi) is 28.2. The number of unbranched alkanes of at least 4 members (excludes halogenated alkanes) is 16. The van der Waals surface area contributed by atoms with Gasteiger partial charge < -0.3 is 28.4 Å². The summed E-state index contributed by atoms with van der Waals surface area (Å²) in [5.41, 5.74) is 2.26. The topological polar surface area (TPSA) is 89.5 Å². The van der Waals surface area contributed by atoms with Crippen LogP contribution in [-0.4, -0.2) is 64.8 Å². The molecule has 2 rings (SSSR count). The maximum atomic E-state index is 11.8. The Morgan fingerprint density at radius 2 is 0.673 bits per heavy atom. The first-order chi connectivity index (χ1) is 27.0. The van der Waals surface area contributed by atoms with E-state index in [1.807, 2.05) is 48.5 Å².